The van der Waals surface area contributed by atoms with Crippen LogP contribution in [-0.4, -0.2) is 23.0 Å². The predicted molar refractivity (Wildman–Crippen MR) is 96.8 cm³/mol. The Balaban J connectivity index is 1.91. The molecule has 25 heavy (non-hydrogen) atoms. The number of benzene rings is 2. The monoisotopic (exact) mass is 356 g/mol. The molecule has 1 unspecified atom stereocenters. The Kier molecular flexibility index (Phi) is 4.86. The van der Waals surface area contributed by atoms with Crippen molar-refractivity contribution in [1.29, 1.82) is 0 Å². The third-order valence-electron chi connectivity index (χ3n) is 3.91. The molecule has 0 fully saturated rings. The Morgan fingerprint density at radius 2 is 1.88 bits per heavy atom. The smallest absolute Gasteiger partial charge is 0.316 e. The van der Waals surface area contributed by atoms with Crippen LogP contribution >= 0.6 is 11.6 Å². The van der Waals surface area contributed by atoms with Crippen molar-refractivity contribution in [3.05, 3.63) is 65.2 Å². The van der Waals surface area contributed by atoms with Gasteiger partial charge in [0, 0.05) is 5.56 Å². The number of hydrogen-bond donors (Lipinski definition) is 0. The van der Waals surface area contributed by atoms with Gasteiger partial charge >= 0.3 is 5.97 Å². The Labute approximate surface area is 150 Å². The second-order valence-corrected chi connectivity index (χ2v) is 6.51. The van der Waals surface area contributed by atoms with Crippen molar-refractivity contribution < 1.29 is 14.4 Å². The average molecular weight is 357 g/mol. The zero-order valence-corrected chi connectivity index (χ0v) is 14.7. The molecule has 1 amide bonds. The summed E-state index contributed by atoms with van der Waals surface area (Å²) in [6.45, 7) is 3.91. The number of hydrogen-bond acceptors (Lipinski definition) is 4. The molecule has 1 aliphatic heterocycles. The highest BCUT2D eigenvalue weighted by molar-refractivity contribution is 6.54. The Morgan fingerprint density at radius 1 is 1.20 bits per heavy atom. The van der Waals surface area contributed by atoms with Crippen molar-refractivity contribution in [3.63, 3.8) is 0 Å². The molecule has 0 aromatic heterocycles. The van der Waals surface area contributed by atoms with Crippen LogP contribution in [0.1, 0.15) is 23.6 Å². The first-order valence-corrected chi connectivity index (χ1v) is 8.30. The van der Waals surface area contributed by atoms with E-state index in [1.54, 1.807) is 11.0 Å². The van der Waals surface area contributed by atoms with Gasteiger partial charge in [-0.05, 0) is 25.5 Å². The summed E-state index contributed by atoms with van der Waals surface area (Å²) in [7, 11) is 0. The second kappa shape index (κ2) is 7.07. The molecule has 2 aromatic carbocycles. The van der Waals surface area contributed by atoms with Crippen LogP contribution in [0.4, 0.5) is 5.69 Å². The lowest BCUT2D eigenvalue weighted by atomic mass is 10.1. The van der Waals surface area contributed by atoms with Gasteiger partial charge in [-0.2, -0.15) is 0 Å². The molecule has 2 aromatic rings. The minimum Gasteiger partial charge on any atom is -0.316 e. The Morgan fingerprint density at radius 3 is 2.56 bits per heavy atom. The second-order valence-electron chi connectivity index (χ2n) is 5.86. The van der Waals surface area contributed by atoms with Crippen molar-refractivity contribution in [2.45, 2.75) is 25.8 Å². The average Bonchev–Trinajstić information content (AvgIpc) is 2.86. The van der Waals surface area contributed by atoms with E-state index in [4.69, 9.17) is 16.4 Å². The van der Waals surface area contributed by atoms with Gasteiger partial charge in [-0.1, -0.05) is 53.2 Å². The van der Waals surface area contributed by atoms with Crippen molar-refractivity contribution >= 4 is 34.9 Å². The summed E-state index contributed by atoms with van der Waals surface area (Å²) in [6, 6.07) is 15.2. The number of oxime groups is 1. The number of halogens is 1. The van der Waals surface area contributed by atoms with Crippen LogP contribution < -0.4 is 4.90 Å². The van der Waals surface area contributed by atoms with E-state index in [2.05, 4.69) is 5.16 Å². The third kappa shape index (κ3) is 3.56. The molecule has 3 rings (SSSR count). The maximum absolute atomic E-state index is 12.8. The van der Waals surface area contributed by atoms with Gasteiger partial charge in [0.1, 0.15) is 5.38 Å². The maximum Gasteiger partial charge on any atom is 0.352 e. The fraction of sp³-hybridized carbons (Fsp3) is 0.211. The van der Waals surface area contributed by atoms with Gasteiger partial charge in [0.2, 0.25) is 0 Å². The highest BCUT2D eigenvalue weighted by Gasteiger charge is 2.34. The lowest BCUT2D eigenvalue weighted by Gasteiger charge is -2.16. The zero-order chi connectivity index (χ0) is 18.0. The van der Waals surface area contributed by atoms with Gasteiger partial charge < -0.3 is 9.74 Å². The number of alkyl halides is 1. The van der Waals surface area contributed by atoms with Gasteiger partial charge in [-0.25, -0.2) is 4.79 Å². The number of amides is 1. The molecule has 1 aliphatic rings. The molecule has 0 N–H and O–H groups in total. The predicted octanol–water partition coefficient (Wildman–Crippen LogP) is 3.42. The first kappa shape index (κ1) is 17.2. The van der Waals surface area contributed by atoms with Crippen LogP contribution in [0.3, 0.4) is 0 Å². The molecule has 0 saturated carbocycles. The highest BCUT2D eigenvalue weighted by atomic mass is 35.5. The molecule has 5 nitrogen and oxygen atoms in total. The van der Waals surface area contributed by atoms with Gasteiger partial charge in [-0.15, -0.1) is 11.6 Å². The van der Waals surface area contributed by atoms with Gasteiger partial charge in [-0.3, -0.25) is 4.79 Å². The molecule has 1 heterocycles. The highest BCUT2D eigenvalue weighted by Crippen LogP contribution is 2.30. The van der Waals surface area contributed by atoms with E-state index in [1.807, 2.05) is 49.4 Å². The number of aryl methyl sites for hydroxylation is 1. The lowest BCUT2D eigenvalue weighted by Crippen LogP contribution is -2.30. The number of carbonyl (C=O) groups is 2. The van der Waals surface area contributed by atoms with Gasteiger partial charge in [0.15, 0.2) is 5.71 Å². The van der Waals surface area contributed by atoms with Crippen molar-refractivity contribution in [3.8, 4) is 0 Å². The molecular weight excluding hydrogens is 340 g/mol. The molecule has 0 aliphatic carbocycles. The molecule has 0 spiro atoms. The Hall–Kier alpha value is -2.66. The van der Waals surface area contributed by atoms with Gasteiger partial charge in [0.25, 0.3) is 5.91 Å². The lowest BCUT2D eigenvalue weighted by molar-refractivity contribution is -0.142. The summed E-state index contributed by atoms with van der Waals surface area (Å²) >= 11 is 5.66. The van der Waals surface area contributed by atoms with Gasteiger partial charge in [0.05, 0.1) is 12.2 Å². The fourth-order valence-electron chi connectivity index (χ4n) is 2.55. The molecule has 0 radical (unpaired) electrons. The molecule has 6 heteroatoms. The van der Waals surface area contributed by atoms with E-state index in [9.17, 15) is 9.59 Å². The fourth-order valence-corrected chi connectivity index (χ4v) is 2.59. The van der Waals surface area contributed by atoms with E-state index < -0.39 is 11.3 Å². The molecule has 128 valence electrons. The number of nitrogens with zero attached hydrogens (tertiary/aromatic N) is 2. The summed E-state index contributed by atoms with van der Waals surface area (Å²) < 4.78 is 0. The summed E-state index contributed by atoms with van der Waals surface area (Å²) in [4.78, 5) is 30.7. The number of carbonyl (C=O) groups excluding carboxylic acids is 2. The van der Waals surface area contributed by atoms with E-state index in [-0.39, 0.29) is 11.6 Å². The van der Waals surface area contributed by atoms with E-state index in [0.29, 0.717) is 12.1 Å². The SMILES string of the molecule is Cc1ccc(CN2C(=O)/C(=N/OC(=O)C(C)Cl)c3ccccc32)cc1. The molecule has 0 saturated heterocycles. The first-order valence-electron chi connectivity index (χ1n) is 7.87. The van der Waals surface area contributed by atoms with Crippen LogP contribution in [0.15, 0.2) is 53.7 Å². The number of anilines is 1. The van der Waals surface area contributed by atoms with Crippen LogP contribution in [0, 0.1) is 6.92 Å². The van der Waals surface area contributed by atoms with Crippen molar-refractivity contribution in [1.82, 2.24) is 0 Å². The third-order valence-corrected chi connectivity index (χ3v) is 4.09. The molecular formula is C19H17ClN2O3. The van der Waals surface area contributed by atoms with Crippen LogP contribution in [0.5, 0.6) is 0 Å². The quantitative estimate of drug-likeness (QED) is 0.479. The largest absolute Gasteiger partial charge is 0.352 e. The minimum absolute atomic E-state index is 0.105. The normalized spacial score (nSPS) is 16.0. The summed E-state index contributed by atoms with van der Waals surface area (Å²) in [5.41, 5.74) is 3.63. The number of fused-ring (bicyclic) bond motifs is 1. The van der Waals surface area contributed by atoms with Crippen molar-refractivity contribution in [2.24, 2.45) is 5.16 Å². The summed E-state index contributed by atoms with van der Waals surface area (Å²) in [5, 5.41) is 2.93. The standard InChI is InChI=1S/C19H17ClN2O3/c1-12-7-9-14(10-8-12)11-22-16-6-4-3-5-15(16)17(18(22)23)21-25-19(24)13(2)20/h3-10,13H,11H2,1-2H3/b21-17+. The van der Waals surface area contributed by atoms with Crippen molar-refractivity contribution in [2.75, 3.05) is 4.90 Å². The number of para-hydroxylation sites is 1. The molecule has 1 atom stereocenters. The molecule has 0 bridgehead atoms. The zero-order valence-electron chi connectivity index (χ0n) is 13.9. The summed E-state index contributed by atoms with van der Waals surface area (Å²) in [6.07, 6.45) is 0. The van der Waals surface area contributed by atoms with Crippen LogP contribution in [-0.2, 0) is 21.0 Å². The maximum atomic E-state index is 12.8. The van der Waals surface area contributed by atoms with E-state index in [0.717, 1.165) is 16.8 Å². The Bertz CT molecular complexity index is 844. The summed E-state index contributed by atoms with van der Waals surface area (Å²) in [5.74, 6) is -1.01. The van der Waals surface area contributed by atoms with E-state index in [1.165, 1.54) is 6.92 Å². The van der Waals surface area contributed by atoms with Crippen LogP contribution in [0.2, 0.25) is 0 Å². The first-order chi connectivity index (χ1) is 12.0. The van der Waals surface area contributed by atoms with E-state index >= 15 is 0 Å². The minimum atomic E-state index is -0.834. The van der Waals surface area contributed by atoms with Crippen LogP contribution in [0.25, 0.3) is 0 Å². The topological polar surface area (TPSA) is 59.0 Å². The number of rotatable bonds is 4.